The van der Waals surface area contributed by atoms with Crippen LogP contribution in [-0.4, -0.2) is 37.1 Å². The van der Waals surface area contributed by atoms with E-state index in [2.05, 4.69) is 5.32 Å². The molecule has 1 saturated carbocycles. The molecule has 1 aliphatic rings. The Morgan fingerprint density at radius 2 is 1.77 bits per heavy atom. The van der Waals surface area contributed by atoms with Gasteiger partial charge in [0.2, 0.25) is 0 Å². The van der Waals surface area contributed by atoms with Gasteiger partial charge in [0.05, 0.1) is 12.3 Å². The zero-order valence-electron chi connectivity index (χ0n) is 13.9. The van der Waals surface area contributed by atoms with E-state index in [0.29, 0.717) is 12.1 Å². The summed E-state index contributed by atoms with van der Waals surface area (Å²) in [5.41, 5.74) is 0.699. The van der Waals surface area contributed by atoms with Crippen LogP contribution in [0.4, 0.5) is 0 Å². The van der Waals surface area contributed by atoms with Crippen LogP contribution in [0.3, 0.4) is 0 Å². The average molecular weight is 335 g/mol. The summed E-state index contributed by atoms with van der Waals surface area (Å²) >= 11 is 0. The summed E-state index contributed by atoms with van der Waals surface area (Å²) in [6, 6.07) is 9.40. The smallest absolute Gasteiger partial charge is 1.00 e. The number of rotatable bonds is 6. The Kier molecular flexibility index (Phi) is 8.24. The summed E-state index contributed by atoms with van der Waals surface area (Å²) in [5.74, 6) is -0.0543. The van der Waals surface area contributed by atoms with E-state index in [1.165, 1.54) is 0 Å². The van der Waals surface area contributed by atoms with Crippen LogP contribution < -0.4 is 34.9 Å². The number of hydrogen-bond donors (Lipinski definition) is 2. The maximum absolute atomic E-state index is 12.0. The second kappa shape index (κ2) is 9.15. The van der Waals surface area contributed by atoms with Gasteiger partial charge >= 0.3 is 29.6 Å². The Labute approximate surface area is 155 Å². The molecule has 1 fully saturated rings. The molecule has 0 atom stereocenters. The zero-order valence-corrected chi connectivity index (χ0v) is 15.7. The third kappa shape index (κ3) is 6.89. The predicted molar refractivity (Wildman–Crippen MR) is 82.0 cm³/mol. The van der Waals surface area contributed by atoms with Crippen LogP contribution >= 0.6 is 0 Å². The van der Waals surface area contributed by atoms with E-state index >= 15 is 0 Å². The van der Waals surface area contributed by atoms with E-state index in [-0.39, 0.29) is 54.5 Å². The van der Waals surface area contributed by atoms with Gasteiger partial charge in [0.25, 0.3) is 10.1 Å². The fourth-order valence-electron chi connectivity index (χ4n) is 2.79. The van der Waals surface area contributed by atoms with Crippen LogP contribution in [0.25, 0.3) is 0 Å². The minimum Gasteiger partial charge on any atom is -1.00 e. The standard InChI is InChI=1S/C15H21NO4S.Na.H/c17-15(13-4-2-1-3-5-13)10-16-14-8-6-12(7-9-14)11-21(18,19)20;;/h1-5,12,14,16H,6-11H2,(H,18,19,20);;/q;+1;-1. The molecule has 1 aromatic carbocycles. The number of carbonyl (C=O) groups excluding carboxylic acids is 1. The minimum absolute atomic E-state index is 0. The van der Waals surface area contributed by atoms with Crippen LogP contribution in [0, 0.1) is 5.92 Å². The van der Waals surface area contributed by atoms with Crippen molar-refractivity contribution in [2.45, 2.75) is 31.7 Å². The molecule has 0 aromatic heterocycles. The molecule has 1 aromatic rings. The normalized spacial score (nSPS) is 21.9. The van der Waals surface area contributed by atoms with Gasteiger partial charge in [0, 0.05) is 11.6 Å². The quantitative estimate of drug-likeness (QED) is 0.397. The summed E-state index contributed by atoms with van der Waals surface area (Å²) in [4.78, 5) is 12.0. The first-order chi connectivity index (χ1) is 9.94. The molecule has 0 unspecified atom stereocenters. The first-order valence-electron chi connectivity index (χ1n) is 7.21. The summed E-state index contributed by atoms with van der Waals surface area (Å²) < 4.78 is 30.5. The van der Waals surface area contributed by atoms with Crippen molar-refractivity contribution in [3.8, 4) is 0 Å². The number of benzene rings is 1. The van der Waals surface area contributed by atoms with Crippen molar-refractivity contribution in [1.29, 1.82) is 0 Å². The monoisotopic (exact) mass is 335 g/mol. The van der Waals surface area contributed by atoms with E-state index in [4.69, 9.17) is 4.55 Å². The number of hydrogen-bond acceptors (Lipinski definition) is 4. The van der Waals surface area contributed by atoms with Crippen LogP contribution in [0.15, 0.2) is 30.3 Å². The first-order valence-corrected chi connectivity index (χ1v) is 8.82. The maximum atomic E-state index is 12.0. The molecule has 2 rings (SSSR count). The van der Waals surface area contributed by atoms with Crippen molar-refractivity contribution in [1.82, 2.24) is 5.32 Å². The predicted octanol–water partition coefficient (Wildman–Crippen LogP) is -0.978. The van der Waals surface area contributed by atoms with Gasteiger partial charge in [-0.1, -0.05) is 30.3 Å². The van der Waals surface area contributed by atoms with Crippen molar-refractivity contribution in [3.63, 3.8) is 0 Å². The number of ketones is 1. The van der Waals surface area contributed by atoms with Gasteiger partial charge in [0.15, 0.2) is 5.78 Å². The molecule has 118 valence electrons. The third-order valence-corrected chi connectivity index (χ3v) is 4.83. The number of Topliss-reactive ketones (excluding diaryl/α,β-unsaturated/α-hetero) is 1. The van der Waals surface area contributed by atoms with Gasteiger partial charge in [-0.15, -0.1) is 0 Å². The van der Waals surface area contributed by atoms with Crippen molar-refractivity contribution >= 4 is 15.9 Å². The van der Waals surface area contributed by atoms with E-state index in [1.807, 2.05) is 18.2 Å². The molecule has 1 aliphatic carbocycles. The molecule has 0 spiro atoms. The second-order valence-corrected chi connectivity index (χ2v) is 7.13. The summed E-state index contributed by atoms with van der Waals surface area (Å²) in [7, 11) is -3.88. The Morgan fingerprint density at radius 1 is 1.18 bits per heavy atom. The molecule has 7 heteroatoms. The van der Waals surface area contributed by atoms with Crippen molar-refractivity contribution in [2.75, 3.05) is 12.3 Å². The molecule has 5 nitrogen and oxygen atoms in total. The van der Waals surface area contributed by atoms with Gasteiger partial charge in [0.1, 0.15) is 0 Å². The summed E-state index contributed by atoms with van der Waals surface area (Å²) in [6.07, 6.45) is 3.19. The van der Waals surface area contributed by atoms with Gasteiger partial charge in [-0.25, -0.2) is 0 Å². The molecular formula is C15H22NNaO4S. The Morgan fingerprint density at radius 3 is 2.32 bits per heavy atom. The van der Waals surface area contributed by atoms with E-state index in [9.17, 15) is 13.2 Å². The van der Waals surface area contributed by atoms with E-state index in [0.717, 1.165) is 25.7 Å². The third-order valence-electron chi connectivity index (χ3n) is 3.94. The van der Waals surface area contributed by atoms with E-state index in [1.54, 1.807) is 12.1 Å². The molecule has 0 saturated heterocycles. The van der Waals surface area contributed by atoms with Crippen molar-refractivity contribution in [2.24, 2.45) is 5.92 Å². The number of nitrogens with one attached hydrogen (secondary N) is 1. The first kappa shape index (κ1) is 19.8. The molecule has 0 bridgehead atoms. The zero-order chi connectivity index (χ0) is 15.3. The second-order valence-electron chi connectivity index (χ2n) is 5.64. The SMILES string of the molecule is O=C(CNC1CCC(CS(=O)(=O)O)CC1)c1ccccc1.[H-].[Na+]. The van der Waals surface area contributed by atoms with Crippen molar-refractivity contribution in [3.05, 3.63) is 35.9 Å². The molecule has 0 heterocycles. The molecule has 0 amide bonds. The maximum Gasteiger partial charge on any atom is 1.00 e. The average Bonchev–Trinajstić information content (AvgIpc) is 2.45. The molecule has 0 radical (unpaired) electrons. The fraction of sp³-hybridized carbons (Fsp3) is 0.533. The van der Waals surface area contributed by atoms with Gasteiger partial charge < -0.3 is 6.74 Å². The van der Waals surface area contributed by atoms with Gasteiger partial charge in [-0.3, -0.25) is 9.35 Å². The summed E-state index contributed by atoms with van der Waals surface area (Å²) in [5, 5.41) is 3.24. The Hall–Kier alpha value is -0.240. The molecular weight excluding hydrogens is 313 g/mol. The Balaban J connectivity index is 0.00000242. The molecule has 2 N–H and O–H groups in total. The van der Waals surface area contributed by atoms with Crippen molar-refractivity contribution < 1.29 is 48.7 Å². The van der Waals surface area contributed by atoms with Crippen LogP contribution in [0.5, 0.6) is 0 Å². The van der Waals surface area contributed by atoms with Crippen LogP contribution in [0.2, 0.25) is 0 Å². The molecule has 22 heavy (non-hydrogen) atoms. The minimum atomic E-state index is -3.88. The molecule has 0 aliphatic heterocycles. The fourth-order valence-corrected chi connectivity index (χ4v) is 3.72. The van der Waals surface area contributed by atoms with Crippen LogP contribution in [-0.2, 0) is 10.1 Å². The van der Waals surface area contributed by atoms with Crippen LogP contribution in [0.1, 0.15) is 37.5 Å². The Bertz CT molecular complexity index is 574. The van der Waals surface area contributed by atoms with Gasteiger partial charge in [-0.05, 0) is 31.6 Å². The van der Waals surface area contributed by atoms with E-state index < -0.39 is 10.1 Å². The topological polar surface area (TPSA) is 83.5 Å². The number of carbonyl (C=O) groups is 1. The summed E-state index contributed by atoms with van der Waals surface area (Å²) in [6.45, 7) is 0.303. The van der Waals surface area contributed by atoms with Gasteiger partial charge in [-0.2, -0.15) is 8.42 Å². The largest absolute Gasteiger partial charge is 1.00 e.